The summed E-state index contributed by atoms with van der Waals surface area (Å²) in [4.78, 5) is 27.1. The lowest BCUT2D eigenvalue weighted by atomic mass is 9.89. The van der Waals surface area contributed by atoms with Gasteiger partial charge in [-0.2, -0.15) is 0 Å². The van der Waals surface area contributed by atoms with Crippen LogP contribution >= 0.6 is 0 Å². The van der Waals surface area contributed by atoms with Crippen LogP contribution in [-0.4, -0.2) is 69.0 Å². The minimum atomic E-state index is -3.31. The van der Waals surface area contributed by atoms with E-state index >= 15 is 0 Å². The highest BCUT2D eigenvalue weighted by molar-refractivity contribution is 7.88. The molecule has 0 radical (unpaired) electrons. The molecule has 10 heteroatoms. The zero-order valence-electron chi connectivity index (χ0n) is 19.7. The molecule has 2 aromatic rings. The molecule has 0 aliphatic carbocycles. The van der Waals surface area contributed by atoms with Crippen LogP contribution in [0, 0.1) is 12.7 Å². The number of halogens is 1. The Morgan fingerprint density at radius 2 is 1.76 bits per heavy atom. The number of hydrogen-bond acceptors (Lipinski definition) is 4. The summed E-state index contributed by atoms with van der Waals surface area (Å²) in [6, 6.07) is 11.3. The summed E-state index contributed by atoms with van der Waals surface area (Å²) in [7, 11) is -1.87. The SMILES string of the molecule is Cc1ccc(C(=O)N2CCC(c3ccc(F)cc3)CC2)cc1NC(=O)NCCN(C)S(C)(=O)=O. The summed E-state index contributed by atoms with van der Waals surface area (Å²) >= 11 is 0. The maximum Gasteiger partial charge on any atom is 0.319 e. The minimum Gasteiger partial charge on any atom is -0.339 e. The highest BCUT2D eigenvalue weighted by atomic mass is 32.2. The molecule has 1 fully saturated rings. The zero-order valence-corrected chi connectivity index (χ0v) is 20.5. The Labute approximate surface area is 200 Å². The van der Waals surface area contributed by atoms with Crippen LogP contribution in [0.4, 0.5) is 14.9 Å². The lowest BCUT2D eigenvalue weighted by molar-refractivity contribution is 0.0713. The average molecular weight is 491 g/mol. The van der Waals surface area contributed by atoms with E-state index in [2.05, 4.69) is 10.6 Å². The Balaban J connectivity index is 1.56. The van der Waals surface area contributed by atoms with Crippen LogP contribution in [0.2, 0.25) is 0 Å². The van der Waals surface area contributed by atoms with Crippen molar-refractivity contribution < 1.29 is 22.4 Å². The number of piperidine rings is 1. The second-order valence-electron chi connectivity index (χ2n) is 8.61. The van der Waals surface area contributed by atoms with E-state index in [0.29, 0.717) is 30.3 Å². The van der Waals surface area contributed by atoms with Crippen molar-refractivity contribution in [1.82, 2.24) is 14.5 Å². The molecule has 1 aliphatic rings. The number of anilines is 1. The van der Waals surface area contributed by atoms with Crippen LogP contribution in [0.15, 0.2) is 42.5 Å². The zero-order chi connectivity index (χ0) is 24.9. The molecular formula is C24H31FN4O4S. The third-order valence-corrected chi connectivity index (χ3v) is 7.45. The Morgan fingerprint density at radius 1 is 1.12 bits per heavy atom. The maximum atomic E-state index is 13.2. The first-order chi connectivity index (χ1) is 16.0. The molecular weight excluding hydrogens is 459 g/mol. The molecule has 0 aromatic heterocycles. The van der Waals surface area contributed by atoms with E-state index in [1.807, 2.05) is 6.92 Å². The molecule has 0 atom stereocenters. The Hall–Kier alpha value is -2.98. The van der Waals surface area contributed by atoms with Gasteiger partial charge >= 0.3 is 6.03 Å². The van der Waals surface area contributed by atoms with E-state index in [9.17, 15) is 22.4 Å². The molecule has 184 valence electrons. The van der Waals surface area contributed by atoms with E-state index in [4.69, 9.17) is 0 Å². The number of nitrogens with one attached hydrogen (secondary N) is 2. The molecule has 3 rings (SSSR count). The fourth-order valence-electron chi connectivity index (χ4n) is 3.88. The lowest BCUT2D eigenvalue weighted by Gasteiger charge is -2.32. The first kappa shape index (κ1) is 25.6. The van der Waals surface area contributed by atoms with E-state index in [1.165, 1.54) is 19.2 Å². The van der Waals surface area contributed by atoms with Crippen LogP contribution in [0.3, 0.4) is 0 Å². The Bertz CT molecular complexity index is 1130. The molecule has 34 heavy (non-hydrogen) atoms. The summed E-state index contributed by atoms with van der Waals surface area (Å²) in [6.45, 7) is 3.33. The number of amides is 3. The van der Waals surface area contributed by atoms with Crippen molar-refractivity contribution in [3.05, 3.63) is 65.0 Å². The number of nitrogens with zero attached hydrogens (tertiary/aromatic N) is 2. The number of urea groups is 1. The first-order valence-electron chi connectivity index (χ1n) is 11.2. The fraction of sp³-hybridized carbons (Fsp3) is 0.417. The second-order valence-corrected chi connectivity index (χ2v) is 10.7. The van der Waals surface area contributed by atoms with Crippen LogP contribution in [0.25, 0.3) is 0 Å². The highest BCUT2D eigenvalue weighted by Gasteiger charge is 2.25. The molecule has 3 amide bonds. The van der Waals surface area contributed by atoms with Crippen molar-refractivity contribution in [2.45, 2.75) is 25.7 Å². The maximum absolute atomic E-state index is 13.2. The van der Waals surface area contributed by atoms with E-state index in [-0.39, 0.29) is 24.8 Å². The van der Waals surface area contributed by atoms with E-state index in [1.54, 1.807) is 35.2 Å². The van der Waals surface area contributed by atoms with Gasteiger partial charge < -0.3 is 15.5 Å². The second kappa shape index (κ2) is 11.0. The number of carbonyl (C=O) groups is 2. The smallest absolute Gasteiger partial charge is 0.319 e. The fourth-order valence-corrected chi connectivity index (χ4v) is 4.31. The van der Waals surface area contributed by atoms with Gasteiger partial charge in [0.1, 0.15) is 5.82 Å². The standard InChI is InChI=1S/C24H31FN4O4S/c1-17-4-5-20(16-22(17)27-24(31)26-12-15-28(2)34(3,32)33)23(30)29-13-10-19(11-14-29)18-6-8-21(25)9-7-18/h4-9,16,19H,10-15H2,1-3H3,(H2,26,27,31). The van der Waals surface area contributed by atoms with Gasteiger partial charge in [-0.3, -0.25) is 4.79 Å². The normalized spacial score (nSPS) is 14.8. The van der Waals surface area contributed by atoms with Crippen molar-refractivity contribution >= 4 is 27.6 Å². The molecule has 0 bridgehead atoms. The van der Waals surface area contributed by atoms with Crippen molar-refractivity contribution in [3.63, 3.8) is 0 Å². The molecule has 1 aliphatic heterocycles. The van der Waals surface area contributed by atoms with Gasteiger partial charge in [0.15, 0.2) is 0 Å². The average Bonchev–Trinajstić information content (AvgIpc) is 2.80. The molecule has 0 unspecified atom stereocenters. The largest absolute Gasteiger partial charge is 0.339 e. The number of carbonyl (C=O) groups excluding carboxylic acids is 2. The molecule has 2 N–H and O–H groups in total. The predicted molar refractivity (Wildman–Crippen MR) is 130 cm³/mol. The van der Waals surface area contributed by atoms with Crippen LogP contribution < -0.4 is 10.6 Å². The van der Waals surface area contributed by atoms with E-state index < -0.39 is 16.1 Å². The Kier molecular flexibility index (Phi) is 8.27. The highest BCUT2D eigenvalue weighted by Crippen LogP contribution is 2.29. The quantitative estimate of drug-likeness (QED) is 0.623. The molecule has 0 saturated carbocycles. The number of sulfonamides is 1. The summed E-state index contributed by atoms with van der Waals surface area (Å²) in [5, 5.41) is 5.36. The third-order valence-electron chi connectivity index (χ3n) is 6.13. The number of likely N-dealkylation sites (N-methyl/N-ethyl adjacent to an activating group) is 1. The molecule has 2 aromatic carbocycles. The third kappa shape index (κ3) is 6.77. The molecule has 1 saturated heterocycles. The lowest BCUT2D eigenvalue weighted by Crippen LogP contribution is -2.38. The number of likely N-dealkylation sites (tertiary alicyclic amines) is 1. The van der Waals surface area contributed by atoms with Crippen molar-refractivity contribution in [2.24, 2.45) is 0 Å². The van der Waals surface area contributed by atoms with Crippen molar-refractivity contribution in [2.75, 3.05) is 44.8 Å². The number of aryl methyl sites for hydroxylation is 1. The van der Waals surface area contributed by atoms with Gasteiger partial charge in [-0.15, -0.1) is 0 Å². The summed E-state index contributed by atoms with van der Waals surface area (Å²) in [5.41, 5.74) is 2.89. The van der Waals surface area contributed by atoms with Crippen molar-refractivity contribution in [3.8, 4) is 0 Å². The number of benzene rings is 2. The van der Waals surface area contributed by atoms with Crippen LogP contribution in [-0.2, 0) is 10.0 Å². The van der Waals surface area contributed by atoms with Gasteiger partial charge in [0.05, 0.1) is 6.26 Å². The summed E-state index contributed by atoms with van der Waals surface area (Å²) in [5.74, 6) is -0.0591. The van der Waals surface area contributed by atoms with Gasteiger partial charge in [-0.25, -0.2) is 21.9 Å². The Morgan fingerprint density at radius 3 is 2.38 bits per heavy atom. The van der Waals surface area contributed by atoms with Crippen LogP contribution in [0.1, 0.15) is 40.2 Å². The van der Waals surface area contributed by atoms with Gasteiger partial charge in [-0.1, -0.05) is 18.2 Å². The number of hydrogen-bond donors (Lipinski definition) is 2. The topological polar surface area (TPSA) is 98.8 Å². The van der Waals surface area contributed by atoms with Gasteiger partial charge in [0.25, 0.3) is 5.91 Å². The summed E-state index contributed by atoms with van der Waals surface area (Å²) in [6.07, 6.45) is 2.71. The monoisotopic (exact) mass is 490 g/mol. The molecule has 1 heterocycles. The van der Waals surface area contributed by atoms with Gasteiger partial charge in [0.2, 0.25) is 10.0 Å². The van der Waals surface area contributed by atoms with E-state index in [0.717, 1.165) is 34.5 Å². The summed E-state index contributed by atoms with van der Waals surface area (Å²) < 4.78 is 37.2. The van der Waals surface area contributed by atoms with Gasteiger partial charge in [-0.05, 0) is 61.1 Å². The molecule has 0 spiro atoms. The number of rotatable bonds is 7. The predicted octanol–water partition coefficient (Wildman–Crippen LogP) is 3.17. The van der Waals surface area contributed by atoms with Crippen LogP contribution in [0.5, 0.6) is 0 Å². The molecule has 8 nitrogen and oxygen atoms in total. The van der Waals surface area contributed by atoms with Crippen molar-refractivity contribution in [1.29, 1.82) is 0 Å². The minimum absolute atomic E-state index is 0.101. The van der Waals surface area contributed by atoms with Gasteiger partial charge in [0, 0.05) is 44.5 Å². The first-order valence-corrected chi connectivity index (χ1v) is 13.0.